The highest BCUT2D eigenvalue weighted by atomic mass is 16.5. The second kappa shape index (κ2) is 9.31. The Morgan fingerprint density at radius 2 is 1.88 bits per heavy atom. The van der Waals surface area contributed by atoms with Gasteiger partial charge >= 0.3 is 0 Å². The minimum absolute atomic E-state index is 0.0621. The first-order valence-electron chi connectivity index (χ1n) is 8.97. The van der Waals surface area contributed by atoms with Crippen molar-refractivity contribution in [3.63, 3.8) is 0 Å². The van der Waals surface area contributed by atoms with E-state index in [0.29, 0.717) is 13.1 Å². The summed E-state index contributed by atoms with van der Waals surface area (Å²) < 4.78 is 5.43. The fourth-order valence-corrected chi connectivity index (χ4v) is 3.14. The maximum atomic E-state index is 12.1. The summed E-state index contributed by atoms with van der Waals surface area (Å²) in [7, 11) is 1.71. The van der Waals surface area contributed by atoms with Crippen molar-refractivity contribution >= 4 is 5.91 Å². The molecule has 2 heterocycles. The van der Waals surface area contributed by atoms with Gasteiger partial charge in [0.05, 0.1) is 13.7 Å². The van der Waals surface area contributed by atoms with Crippen LogP contribution in [0.3, 0.4) is 0 Å². The number of methoxy groups -OCH3 is 1. The highest BCUT2D eigenvalue weighted by Crippen LogP contribution is 2.19. The zero-order valence-corrected chi connectivity index (χ0v) is 15.2. The molecule has 0 bridgehead atoms. The van der Waals surface area contributed by atoms with Crippen molar-refractivity contribution in [1.29, 1.82) is 0 Å². The lowest BCUT2D eigenvalue weighted by molar-refractivity contribution is -0.122. The lowest BCUT2D eigenvalue weighted by Crippen LogP contribution is -2.49. The molecule has 1 fully saturated rings. The number of amides is 1. The van der Waals surface area contributed by atoms with Crippen LogP contribution in [0.15, 0.2) is 48.8 Å². The average molecular weight is 354 g/mol. The van der Waals surface area contributed by atoms with E-state index < -0.39 is 0 Å². The largest absolute Gasteiger partial charge is 0.496 e. The van der Waals surface area contributed by atoms with Crippen LogP contribution >= 0.6 is 0 Å². The molecule has 1 aliphatic heterocycles. The van der Waals surface area contributed by atoms with E-state index in [4.69, 9.17) is 4.74 Å². The van der Waals surface area contributed by atoms with Crippen LogP contribution in [0, 0.1) is 0 Å². The van der Waals surface area contributed by atoms with Gasteiger partial charge in [-0.3, -0.25) is 19.6 Å². The Morgan fingerprint density at radius 3 is 2.62 bits per heavy atom. The van der Waals surface area contributed by atoms with Gasteiger partial charge in [-0.25, -0.2) is 0 Å². The number of hydrogen-bond donors (Lipinski definition) is 1. The lowest BCUT2D eigenvalue weighted by atomic mass is 10.1. The summed E-state index contributed by atoms with van der Waals surface area (Å²) >= 11 is 0. The first-order chi connectivity index (χ1) is 12.7. The summed E-state index contributed by atoms with van der Waals surface area (Å²) in [4.78, 5) is 20.8. The Balaban J connectivity index is 1.40. The van der Waals surface area contributed by atoms with Gasteiger partial charge in [-0.1, -0.05) is 24.3 Å². The van der Waals surface area contributed by atoms with E-state index in [9.17, 15) is 4.79 Å². The minimum Gasteiger partial charge on any atom is -0.496 e. The Hall–Kier alpha value is -2.44. The van der Waals surface area contributed by atoms with Gasteiger partial charge in [0.15, 0.2) is 0 Å². The van der Waals surface area contributed by atoms with E-state index in [2.05, 4.69) is 26.2 Å². The number of piperazine rings is 1. The molecule has 0 spiro atoms. The number of rotatable bonds is 7. The molecule has 0 unspecified atom stereocenters. The highest BCUT2D eigenvalue weighted by molar-refractivity contribution is 5.78. The standard InChI is InChI=1S/C20H26N4O2/c1-26-19-7-3-2-6-18(19)15-23-9-11-24(12-10-23)16-20(25)22-14-17-5-4-8-21-13-17/h2-8,13H,9-12,14-16H2,1H3,(H,22,25). The molecule has 0 saturated carbocycles. The second-order valence-electron chi connectivity index (χ2n) is 6.50. The van der Waals surface area contributed by atoms with Crippen LogP contribution in [0.25, 0.3) is 0 Å². The summed E-state index contributed by atoms with van der Waals surface area (Å²) in [6.45, 7) is 5.56. The van der Waals surface area contributed by atoms with Gasteiger partial charge in [0.2, 0.25) is 5.91 Å². The van der Waals surface area contributed by atoms with Crippen LogP contribution in [0.2, 0.25) is 0 Å². The average Bonchev–Trinajstić information content (AvgIpc) is 2.69. The molecule has 2 aromatic rings. The number of nitrogens with one attached hydrogen (secondary N) is 1. The number of carbonyl (C=O) groups excluding carboxylic acids is 1. The van der Waals surface area contributed by atoms with Crippen LogP contribution in [-0.2, 0) is 17.9 Å². The number of hydrogen-bond acceptors (Lipinski definition) is 5. The quantitative estimate of drug-likeness (QED) is 0.817. The van der Waals surface area contributed by atoms with E-state index in [0.717, 1.165) is 44.0 Å². The Morgan fingerprint density at radius 1 is 1.12 bits per heavy atom. The van der Waals surface area contributed by atoms with Crippen LogP contribution in [0.5, 0.6) is 5.75 Å². The SMILES string of the molecule is COc1ccccc1CN1CCN(CC(=O)NCc2cccnc2)CC1. The third-order valence-electron chi connectivity index (χ3n) is 4.63. The fourth-order valence-electron chi connectivity index (χ4n) is 3.14. The number of nitrogens with zero attached hydrogens (tertiary/aromatic N) is 3. The van der Waals surface area contributed by atoms with Crippen LogP contribution in [-0.4, -0.2) is 60.5 Å². The molecule has 0 aliphatic carbocycles. The predicted molar refractivity (Wildman–Crippen MR) is 101 cm³/mol. The van der Waals surface area contributed by atoms with Crippen molar-refractivity contribution in [3.05, 3.63) is 59.9 Å². The number of pyridine rings is 1. The number of aromatic nitrogens is 1. The zero-order chi connectivity index (χ0) is 18.2. The summed E-state index contributed by atoms with van der Waals surface area (Å²) in [6, 6.07) is 12.0. The van der Waals surface area contributed by atoms with Crippen molar-refractivity contribution in [2.24, 2.45) is 0 Å². The second-order valence-corrected chi connectivity index (χ2v) is 6.50. The monoisotopic (exact) mass is 354 g/mol. The number of ether oxygens (including phenoxy) is 1. The third-order valence-corrected chi connectivity index (χ3v) is 4.63. The van der Waals surface area contributed by atoms with E-state index in [1.165, 1.54) is 5.56 Å². The number of carbonyl (C=O) groups is 1. The van der Waals surface area contributed by atoms with Gasteiger partial charge in [-0.2, -0.15) is 0 Å². The molecule has 1 amide bonds. The molecule has 6 nitrogen and oxygen atoms in total. The molecule has 6 heteroatoms. The molecule has 138 valence electrons. The maximum absolute atomic E-state index is 12.1. The molecule has 1 aliphatic rings. The molecule has 1 aromatic heterocycles. The van der Waals surface area contributed by atoms with Crippen molar-refractivity contribution in [2.75, 3.05) is 39.8 Å². The number of benzene rings is 1. The molecule has 1 N–H and O–H groups in total. The minimum atomic E-state index is 0.0621. The van der Waals surface area contributed by atoms with Crippen molar-refractivity contribution in [3.8, 4) is 5.75 Å². The van der Waals surface area contributed by atoms with Gasteiger partial charge in [0, 0.05) is 57.2 Å². The van der Waals surface area contributed by atoms with Crippen molar-refractivity contribution in [2.45, 2.75) is 13.1 Å². The lowest BCUT2D eigenvalue weighted by Gasteiger charge is -2.34. The van der Waals surface area contributed by atoms with Crippen LogP contribution in [0.4, 0.5) is 0 Å². The first kappa shape index (κ1) is 18.4. The van der Waals surface area contributed by atoms with Gasteiger partial charge in [0.1, 0.15) is 5.75 Å². The predicted octanol–water partition coefficient (Wildman–Crippen LogP) is 1.52. The molecular weight excluding hydrogens is 328 g/mol. The molecule has 1 aromatic carbocycles. The van der Waals surface area contributed by atoms with E-state index in [1.54, 1.807) is 19.5 Å². The Labute approximate surface area is 154 Å². The molecule has 0 radical (unpaired) electrons. The summed E-state index contributed by atoms with van der Waals surface area (Å²) in [5.74, 6) is 0.997. The van der Waals surface area contributed by atoms with Gasteiger partial charge < -0.3 is 10.1 Å². The molecule has 26 heavy (non-hydrogen) atoms. The van der Waals surface area contributed by atoms with Gasteiger partial charge in [-0.05, 0) is 17.7 Å². The van der Waals surface area contributed by atoms with Gasteiger partial charge in [-0.15, -0.1) is 0 Å². The van der Waals surface area contributed by atoms with E-state index in [1.807, 2.05) is 30.3 Å². The third kappa shape index (κ3) is 5.28. The van der Waals surface area contributed by atoms with E-state index in [-0.39, 0.29) is 5.91 Å². The van der Waals surface area contributed by atoms with Gasteiger partial charge in [0.25, 0.3) is 0 Å². The molecule has 3 rings (SSSR count). The number of para-hydroxylation sites is 1. The summed E-state index contributed by atoms with van der Waals surface area (Å²) in [6.07, 6.45) is 3.51. The van der Waals surface area contributed by atoms with Crippen LogP contribution < -0.4 is 10.1 Å². The molecule has 0 atom stereocenters. The van der Waals surface area contributed by atoms with Crippen molar-refractivity contribution in [1.82, 2.24) is 20.1 Å². The highest BCUT2D eigenvalue weighted by Gasteiger charge is 2.19. The first-order valence-corrected chi connectivity index (χ1v) is 8.97. The normalized spacial score (nSPS) is 15.6. The molecular formula is C20H26N4O2. The fraction of sp³-hybridized carbons (Fsp3) is 0.400. The topological polar surface area (TPSA) is 57.7 Å². The Kier molecular flexibility index (Phi) is 6.57. The van der Waals surface area contributed by atoms with E-state index >= 15 is 0 Å². The maximum Gasteiger partial charge on any atom is 0.234 e. The zero-order valence-electron chi connectivity index (χ0n) is 15.2. The van der Waals surface area contributed by atoms with Crippen LogP contribution in [0.1, 0.15) is 11.1 Å². The molecule has 1 saturated heterocycles. The smallest absolute Gasteiger partial charge is 0.234 e. The summed E-state index contributed by atoms with van der Waals surface area (Å²) in [5.41, 5.74) is 2.22. The van der Waals surface area contributed by atoms with Crippen molar-refractivity contribution < 1.29 is 9.53 Å². The summed E-state index contributed by atoms with van der Waals surface area (Å²) in [5, 5.41) is 2.96. The Bertz CT molecular complexity index is 700.